The summed E-state index contributed by atoms with van der Waals surface area (Å²) in [6.45, 7) is 5.92. The molecule has 19 heavy (non-hydrogen) atoms. The molecular weight excluding hydrogens is 240 g/mol. The summed E-state index contributed by atoms with van der Waals surface area (Å²) in [5.41, 5.74) is 2.01. The van der Waals surface area contributed by atoms with Crippen LogP contribution in [0.1, 0.15) is 36.2 Å². The van der Waals surface area contributed by atoms with Gasteiger partial charge in [0.25, 0.3) is 0 Å². The molecule has 1 rings (SSSR count). The van der Waals surface area contributed by atoms with Gasteiger partial charge in [0.2, 0.25) is 0 Å². The molecule has 0 amide bonds. The summed E-state index contributed by atoms with van der Waals surface area (Å²) in [5, 5.41) is 0. The van der Waals surface area contributed by atoms with Gasteiger partial charge in [-0.15, -0.1) is 0 Å². The van der Waals surface area contributed by atoms with Crippen molar-refractivity contribution in [3.8, 4) is 0 Å². The number of ether oxygens (including phenoxy) is 2. The normalized spacial score (nSPS) is 10.9. The van der Waals surface area contributed by atoms with Crippen molar-refractivity contribution in [3.63, 3.8) is 0 Å². The van der Waals surface area contributed by atoms with Crippen LogP contribution in [0.25, 0.3) is 0 Å². The number of rotatable bonds is 9. The molecule has 106 valence electrons. The summed E-state index contributed by atoms with van der Waals surface area (Å²) >= 11 is 0. The highest BCUT2D eigenvalue weighted by Gasteiger charge is 2.07. The molecule has 0 heterocycles. The zero-order valence-electron chi connectivity index (χ0n) is 12.1. The van der Waals surface area contributed by atoms with E-state index in [0.717, 1.165) is 12.0 Å². The minimum atomic E-state index is 0.142. The predicted molar refractivity (Wildman–Crippen MR) is 76.6 cm³/mol. The fourth-order valence-electron chi connectivity index (χ4n) is 1.90. The van der Waals surface area contributed by atoms with Crippen molar-refractivity contribution in [2.45, 2.75) is 26.7 Å². The molecule has 1 aromatic rings. The van der Waals surface area contributed by atoms with Gasteiger partial charge in [-0.05, 0) is 24.0 Å². The number of benzene rings is 1. The third-order valence-corrected chi connectivity index (χ3v) is 2.80. The topological polar surface area (TPSA) is 35.5 Å². The van der Waals surface area contributed by atoms with E-state index in [-0.39, 0.29) is 5.78 Å². The molecule has 0 fully saturated rings. The van der Waals surface area contributed by atoms with E-state index in [0.29, 0.717) is 32.2 Å². The van der Waals surface area contributed by atoms with Gasteiger partial charge in [0.15, 0.2) is 5.78 Å². The van der Waals surface area contributed by atoms with Crippen LogP contribution in [0.4, 0.5) is 0 Å². The highest BCUT2D eigenvalue weighted by molar-refractivity contribution is 5.96. The maximum Gasteiger partial charge on any atom is 0.165 e. The smallest absolute Gasteiger partial charge is 0.165 e. The molecule has 0 aliphatic heterocycles. The predicted octanol–water partition coefficient (Wildman–Crippen LogP) is 3.12. The van der Waals surface area contributed by atoms with Crippen molar-refractivity contribution in [2.24, 2.45) is 5.92 Å². The van der Waals surface area contributed by atoms with E-state index in [1.54, 1.807) is 7.11 Å². The van der Waals surface area contributed by atoms with Gasteiger partial charge in [-0.2, -0.15) is 0 Å². The lowest BCUT2D eigenvalue weighted by atomic mass is 9.99. The number of carbonyl (C=O) groups excluding carboxylic acids is 1. The third kappa shape index (κ3) is 6.50. The van der Waals surface area contributed by atoms with Crippen molar-refractivity contribution < 1.29 is 14.3 Å². The summed E-state index contributed by atoms with van der Waals surface area (Å²) in [6, 6.07) is 7.90. The van der Waals surface area contributed by atoms with Crippen molar-refractivity contribution in [2.75, 3.05) is 26.9 Å². The lowest BCUT2D eigenvalue weighted by Gasteiger charge is -2.07. The third-order valence-electron chi connectivity index (χ3n) is 2.80. The minimum Gasteiger partial charge on any atom is -0.382 e. The van der Waals surface area contributed by atoms with Gasteiger partial charge in [-0.3, -0.25) is 4.79 Å². The Hall–Kier alpha value is -1.19. The van der Waals surface area contributed by atoms with Crippen LogP contribution in [0.2, 0.25) is 0 Å². The second-order valence-electron chi connectivity index (χ2n) is 5.08. The van der Waals surface area contributed by atoms with Gasteiger partial charge in [0, 0.05) is 19.1 Å². The Morgan fingerprint density at radius 3 is 2.68 bits per heavy atom. The van der Waals surface area contributed by atoms with Crippen molar-refractivity contribution in [3.05, 3.63) is 35.4 Å². The molecule has 0 radical (unpaired) electrons. The minimum absolute atomic E-state index is 0.142. The van der Waals surface area contributed by atoms with Gasteiger partial charge in [-0.25, -0.2) is 0 Å². The lowest BCUT2D eigenvalue weighted by molar-refractivity contribution is 0.0641. The van der Waals surface area contributed by atoms with Crippen LogP contribution in [0, 0.1) is 5.92 Å². The number of hydrogen-bond acceptors (Lipinski definition) is 3. The van der Waals surface area contributed by atoms with Crippen LogP contribution in [0.15, 0.2) is 24.3 Å². The first kappa shape index (κ1) is 15.9. The van der Waals surface area contributed by atoms with Crippen molar-refractivity contribution >= 4 is 5.78 Å². The lowest BCUT2D eigenvalue weighted by Crippen LogP contribution is -2.08. The van der Waals surface area contributed by atoms with Crippen LogP contribution in [-0.4, -0.2) is 32.7 Å². The summed E-state index contributed by atoms with van der Waals surface area (Å²) in [5.74, 6) is 0.741. The first-order valence-electron chi connectivity index (χ1n) is 6.82. The zero-order chi connectivity index (χ0) is 14.1. The fourth-order valence-corrected chi connectivity index (χ4v) is 1.90. The molecule has 0 bridgehead atoms. The molecule has 0 aliphatic carbocycles. The Bertz CT molecular complexity index is 385. The molecule has 3 heteroatoms. The van der Waals surface area contributed by atoms with Crippen LogP contribution in [0.3, 0.4) is 0 Å². The molecule has 0 N–H and O–H groups in total. The second kappa shape index (κ2) is 8.83. The largest absolute Gasteiger partial charge is 0.382 e. The monoisotopic (exact) mass is 264 g/mol. The van der Waals surface area contributed by atoms with Gasteiger partial charge in [0.1, 0.15) is 0 Å². The number of Topliss-reactive ketones (excluding diaryl/α,β-unsaturated/α-hetero) is 1. The Kier molecular flexibility index (Phi) is 7.38. The number of carbonyl (C=O) groups is 1. The van der Waals surface area contributed by atoms with Gasteiger partial charge in [0.05, 0.1) is 19.8 Å². The average Bonchev–Trinajstić information content (AvgIpc) is 2.38. The van der Waals surface area contributed by atoms with E-state index in [9.17, 15) is 4.79 Å². The molecule has 0 unspecified atom stereocenters. The van der Waals surface area contributed by atoms with Crippen LogP contribution in [0.5, 0.6) is 0 Å². The van der Waals surface area contributed by atoms with Crippen LogP contribution in [-0.2, 0) is 15.9 Å². The Balaban J connectivity index is 2.43. The van der Waals surface area contributed by atoms with Gasteiger partial charge >= 0.3 is 0 Å². The first-order chi connectivity index (χ1) is 9.13. The highest BCUT2D eigenvalue weighted by atomic mass is 16.5. The highest BCUT2D eigenvalue weighted by Crippen LogP contribution is 2.12. The molecule has 0 aliphatic rings. The Morgan fingerprint density at radius 2 is 2.00 bits per heavy atom. The molecule has 0 spiro atoms. The molecule has 0 saturated heterocycles. The molecule has 3 nitrogen and oxygen atoms in total. The van der Waals surface area contributed by atoms with E-state index in [1.165, 1.54) is 5.56 Å². The standard InChI is InChI=1S/C16H24O3/c1-13(2)11-14-5-4-6-15(12-14)16(17)7-8-19-10-9-18-3/h4-6,12-13H,7-11H2,1-3H3. The van der Waals surface area contributed by atoms with E-state index >= 15 is 0 Å². The van der Waals surface area contributed by atoms with Gasteiger partial charge < -0.3 is 9.47 Å². The maximum atomic E-state index is 12.0. The summed E-state index contributed by atoms with van der Waals surface area (Å²) in [7, 11) is 1.63. The fraction of sp³-hybridized carbons (Fsp3) is 0.562. The number of hydrogen-bond donors (Lipinski definition) is 0. The summed E-state index contributed by atoms with van der Waals surface area (Å²) in [6.07, 6.45) is 1.43. The van der Waals surface area contributed by atoms with Crippen LogP contribution >= 0.6 is 0 Å². The summed E-state index contributed by atoms with van der Waals surface area (Å²) in [4.78, 5) is 12.0. The van der Waals surface area contributed by atoms with Crippen molar-refractivity contribution in [1.29, 1.82) is 0 Å². The summed E-state index contributed by atoms with van der Waals surface area (Å²) < 4.78 is 10.2. The van der Waals surface area contributed by atoms with Crippen LogP contribution < -0.4 is 0 Å². The molecule has 0 aromatic heterocycles. The second-order valence-corrected chi connectivity index (χ2v) is 5.08. The first-order valence-corrected chi connectivity index (χ1v) is 6.82. The van der Waals surface area contributed by atoms with Crippen molar-refractivity contribution in [1.82, 2.24) is 0 Å². The average molecular weight is 264 g/mol. The zero-order valence-corrected chi connectivity index (χ0v) is 12.1. The molecule has 0 atom stereocenters. The van der Waals surface area contributed by atoms with E-state index in [4.69, 9.17) is 9.47 Å². The molecule has 1 aromatic carbocycles. The maximum absolute atomic E-state index is 12.0. The number of methoxy groups -OCH3 is 1. The Morgan fingerprint density at radius 1 is 1.21 bits per heavy atom. The Labute approximate surface area is 115 Å². The van der Waals surface area contributed by atoms with E-state index in [2.05, 4.69) is 19.9 Å². The van der Waals surface area contributed by atoms with E-state index < -0.39 is 0 Å². The molecular formula is C16H24O3. The SMILES string of the molecule is COCCOCCC(=O)c1cccc(CC(C)C)c1. The number of ketones is 1. The van der Waals surface area contributed by atoms with E-state index in [1.807, 2.05) is 18.2 Å². The van der Waals surface area contributed by atoms with Gasteiger partial charge in [-0.1, -0.05) is 32.0 Å². The quantitative estimate of drug-likeness (QED) is 0.508. The molecule has 0 saturated carbocycles.